The van der Waals surface area contributed by atoms with Crippen molar-refractivity contribution < 1.29 is 19.1 Å². The van der Waals surface area contributed by atoms with Gasteiger partial charge in [0, 0.05) is 43.2 Å². The number of rotatable bonds is 8. The van der Waals surface area contributed by atoms with Crippen molar-refractivity contribution in [1.29, 1.82) is 0 Å². The van der Waals surface area contributed by atoms with Gasteiger partial charge in [0.15, 0.2) is 5.78 Å². The van der Waals surface area contributed by atoms with Gasteiger partial charge in [-0.2, -0.15) is 0 Å². The molecule has 0 fully saturated rings. The molecule has 0 saturated heterocycles. The maximum Gasteiger partial charge on any atom is 0.354 e. The van der Waals surface area contributed by atoms with Crippen LogP contribution in [0.4, 0.5) is 0 Å². The summed E-state index contributed by atoms with van der Waals surface area (Å²) in [5.41, 5.74) is 3.00. The Kier molecular flexibility index (Phi) is 7.09. The summed E-state index contributed by atoms with van der Waals surface area (Å²) in [6, 6.07) is 3.66. The van der Waals surface area contributed by atoms with E-state index in [4.69, 9.17) is 4.74 Å². The van der Waals surface area contributed by atoms with E-state index in [0.29, 0.717) is 42.0 Å². The highest BCUT2D eigenvalue weighted by atomic mass is 16.5. The minimum atomic E-state index is -0.474. The number of hydrogen-bond donors (Lipinski definition) is 0. The second-order valence-electron chi connectivity index (χ2n) is 6.56. The Bertz CT molecular complexity index is 872. The van der Waals surface area contributed by atoms with Crippen molar-refractivity contribution in [2.24, 2.45) is 0 Å². The van der Waals surface area contributed by atoms with Gasteiger partial charge in [0.1, 0.15) is 5.69 Å². The summed E-state index contributed by atoms with van der Waals surface area (Å²) in [7, 11) is 1.32. The summed E-state index contributed by atoms with van der Waals surface area (Å²) in [6.45, 7) is 8.01. The third-order valence-electron chi connectivity index (χ3n) is 4.83. The fraction of sp³-hybridized carbons (Fsp3) is 0.429. The van der Waals surface area contributed by atoms with Crippen LogP contribution in [0.2, 0.25) is 0 Å². The number of aromatic nitrogens is 2. The van der Waals surface area contributed by atoms with Crippen molar-refractivity contribution in [2.75, 3.05) is 13.7 Å². The fourth-order valence-corrected chi connectivity index (χ4v) is 3.48. The Morgan fingerprint density at radius 3 is 2.46 bits per heavy atom. The number of amides is 1. The van der Waals surface area contributed by atoms with E-state index in [2.05, 4.69) is 4.98 Å². The van der Waals surface area contributed by atoms with E-state index in [-0.39, 0.29) is 18.2 Å². The third-order valence-corrected chi connectivity index (χ3v) is 4.83. The molecule has 0 atom stereocenters. The number of hydrogen-bond acceptors (Lipinski definition) is 5. The smallest absolute Gasteiger partial charge is 0.354 e. The predicted molar refractivity (Wildman–Crippen MR) is 105 cm³/mol. The van der Waals surface area contributed by atoms with Crippen LogP contribution in [0.1, 0.15) is 57.9 Å². The summed E-state index contributed by atoms with van der Waals surface area (Å²) in [5, 5.41) is 0. The molecule has 28 heavy (non-hydrogen) atoms. The van der Waals surface area contributed by atoms with Crippen LogP contribution in [0.3, 0.4) is 0 Å². The minimum absolute atomic E-state index is 0.0579. The molecule has 150 valence electrons. The summed E-state index contributed by atoms with van der Waals surface area (Å²) in [4.78, 5) is 43.3. The van der Waals surface area contributed by atoms with Crippen LogP contribution in [-0.2, 0) is 22.6 Å². The second-order valence-corrected chi connectivity index (χ2v) is 6.56. The van der Waals surface area contributed by atoms with Crippen LogP contribution < -0.4 is 0 Å². The lowest BCUT2D eigenvalue weighted by Gasteiger charge is -2.21. The molecule has 0 radical (unpaired) electrons. The third kappa shape index (κ3) is 4.30. The van der Waals surface area contributed by atoms with E-state index in [1.807, 2.05) is 19.9 Å². The predicted octanol–water partition coefficient (Wildman–Crippen LogP) is 2.93. The topological polar surface area (TPSA) is 81.5 Å². The van der Waals surface area contributed by atoms with Crippen LogP contribution in [-0.4, -0.2) is 45.8 Å². The first-order valence-electron chi connectivity index (χ1n) is 9.33. The first-order valence-corrected chi connectivity index (χ1v) is 9.33. The Morgan fingerprint density at radius 1 is 1.21 bits per heavy atom. The molecule has 1 amide bonds. The molecule has 0 aliphatic carbocycles. The standard InChI is InChI=1S/C21H27N3O4/c1-6-18(26)23(12-16-9-8-10-22-11-16)13-17(25)19-14(3)20(21(27)28-5)24(7-2)15(19)4/h8-11H,6-7,12-13H2,1-5H3. The number of methoxy groups -OCH3 is 1. The second kappa shape index (κ2) is 9.30. The van der Waals surface area contributed by atoms with Crippen molar-refractivity contribution in [3.05, 3.63) is 52.6 Å². The Labute approximate surface area is 165 Å². The molecule has 0 aromatic carbocycles. The van der Waals surface area contributed by atoms with Gasteiger partial charge in [0.05, 0.1) is 13.7 Å². The van der Waals surface area contributed by atoms with Gasteiger partial charge in [0.2, 0.25) is 5.91 Å². The Morgan fingerprint density at radius 2 is 1.93 bits per heavy atom. The van der Waals surface area contributed by atoms with E-state index in [0.717, 1.165) is 5.56 Å². The molecule has 0 N–H and O–H groups in total. The number of carbonyl (C=O) groups is 3. The van der Waals surface area contributed by atoms with E-state index in [1.54, 1.807) is 36.9 Å². The first kappa shape index (κ1) is 21.3. The molecule has 0 spiro atoms. The Balaban J connectivity index is 2.37. The van der Waals surface area contributed by atoms with Gasteiger partial charge in [-0.3, -0.25) is 14.6 Å². The van der Waals surface area contributed by atoms with Gasteiger partial charge in [0.25, 0.3) is 0 Å². The van der Waals surface area contributed by atoms with E-state index in [1.165, 1.54) is 12.0 Å². The largest absolute Gasteiger partial charge is 0.464 e. The number of carbonyl (C=O) groups excluding carboxylic acids is 3. The van der Waals surface area contributed by atoms with Crippen LogP contribution in [0.15, 0.2) is 24.5 Å². The molecule has 7 nitrogen and oxygen atoms in total. The average molecular weight is 385 g/mol. The maximum atomic E-state index is 13.1. The van der Waals surface area contributed by atoms with Crippen molar-refractivity contribution in [2.45, 2.75) is 47.2 Å². The monoisotopic (exact) mass is 385 g/mol. The van der Waals surface area contributed by atoms with E-state index < -0.39 is 5.97 Å². The van der Waals surface area contributed by atoms with E-state index >= 15 is 0 Å². The van der Waals surface area contributed by atoms with Crippen LogP contribution in [0.25, 0.3) is 0 Å². The first-order chi connectivity index (χ1) is 13.3. The molecule has 0 aliphatic heterocycles. The zero-order valence-electron chi connectivity index (χ0n) is 17.1. The van der Waals surface area contributed by atoms with E-state index in [9.17, 15) is 14.4 Å². The SMILES string of the molecule is CCC(=O)N(CC(=O)c1c(C)c(C(=O)OC)n(CC)c1C)Cc1cccnc1. The normalized spacial score (nSPS) is 10.6. The molecule has 2 rings (SSSR count). The van der Waals surface area contributed by atoms with Crippen LogP contribution in [0, 0.1) is 13.8 Å². The number of ether oxygens (including phenoxy) is 1. The van der Waals surface area contributed by atoms with Crippen molar-refractivity contribution >= 4 is 17.7 Å². The van der Waals surface area contributed by atoms with Crippen molar-refractivity contribution in [3.8, 4) is 0 Å². The molecule has 7 heteroatoms. The van der Waals surface area contributed by atoms with Crippen molar-refractivity contribution in [1.82, 2.24) is 14.5 Å². The number of Topliss-reactive ketones (excluding diaryl/α,β-unsaturated/α-hetero) is 1. The summed E-state index contributed by atoms with van der Waals surface area (Å²) < 4.78 is 6.66. The number of esters is 1. The molecular formula is C21H27N3O4. The highest BCUT2D eigenvalue weighted by Crippen LogP contribution is 2.24. The number of pyridine rings is 1. The van der Waals surface area contributed by atoms with Gasteiger partial charge >= 0.3 is 5.97 Å². The fourth-order valence-electron chi connectivity index (χ4n) is 3.48. The quantitative estimate of drug-likeness (QED) is 0.515. The molecule has 0 bridgehead atoms. The lowest BCUT2D eigenvalue weighted by Crippen LogP contribution is -2.35. The zero-order chi connectivity index (χ0) is 20.8. The summed E-state index contributed by atoms with van der Waals surface area (Å²) >= 11 is 0. The Hall–Kier alpha value is -2.96. The molecule has 2 aromatic rings. The zero-order valence-corrected chi connectivity index (χ0v) is 17.1. The van der Waals surface area contributed by atoms with Crippen LogP contribution in [0.5, 0.6) is 0 Å². The molecule has 0 saturated carbocycles. The minimum Gasteiger partial charge on any atom is -0.464 e. The molecule has 0 unspecified atom stereocenters. The number of ketones is 1. The maximum absolute atomic E-state index is 13.1. The number of nitrogens with zero attached hydrogens (tertiary/aromatic N) is 3. The molecule has 2 aromatic heterocycles. The molecule has 0 aliphatic rings. The summed E-state index contributed by atoms with van der Waals surface area (Å²) in [5.74, 6) is -0.785. The van der Waals surface area contributed by atoms with Crippen molar-refractivity contribution in [3.63, 3.8) is 0 Å². The van der Waals surface area contributed by atoms with Gasteiger partial charge in [-0.1, -0.05) is 13.0 Å². The highest BCUT2D eigenvalue weighted by molar-refractivity contribution is 6.04. The van der Waals surface area contributed by atoms with Crippen LogP contribution >= 0.6 is 0 Å². The molecular weight excluding hydrogens is 358 g/mol. The highest BCUT2D eigenvalue weighted by Gasteiger charge is 2.28. The van der Waals surface area contributed by atoms with Gasteiger partial charge < -0.3 is 14.2 Å². The lowest BCUT2D eigenvalue weighted by molar-refractivity contribution is -0.131. The van der Waals surface area contributed by atoms with Gasteiger partial charge in [-0.15, -0.1) is 0 Å². The van der Waals surface area contributed by atoms with Gasteiger partial charge in [-0.05, 0) is 38.0 Å². The lowest BCUT2D eigenvalue weighted by atomic mass is 10.0. The summed E-state index contributed by atoms with van der Waals surface area (Å²) in [6.07, 6.45) is 3.64. The average Bonchev–Trinajstić information content (AvgIpc) is 2.96. The van der Waals surface area contributed by atoms with Gasteiger partial charge in [-0.25, -0.2) is 4.79 Å². The molecule has 2 heterocycles.